The molecule has 0 spiro atoms. The number of aromatic amines is 1. The number of imidazole rings is 1. The van der Waals surface area contributed by atoms with Gasteiger partial charge in [0.2, 0.25) is 0 Å². The summed E-state index contributed by atoms with van der Waals surface area (Å²) in [6.45, 7) is 5.36. The number of likely N-dealkylation sites (tertiary alicyclic amines) is 1. The molecule has 3 heterocycles. The zero-order chi connectivity index (χ0) is 17.2. The van der Waals surface area contributed by atoms with Crippen molar-refractivity contribution in [3.05, 3.63) is 53.7 Å². The number of nitrogens with one attached hydrogen (secondary N) is 2. The van der Waals surface area contributed by atoms with Crippen LogP contribution in [0.15, 0.2) is 41.0 Å². The Morgan fingerprint density at radius 2 is 2.28 bits per heavy atom. The first-order valence-electron chi connectivity index (χ1n) is 8.67. The maximum Gasteiger partial charge on any atom is 0.287 e. The normalized spacial score (nSPS) is 18.0. The summed E-state index contributed by atoms with van der Waals surface area (Å²) >= 11 is 0. The van der Waals surface area contributed by atoms with E-state index in [1.54, 1.807) is 12.3 Å². The molecule has 0 saturated carbocycles. The molecule has 0 radical (unpaired) electrons. The Morgan fingerprint density at radius 1 is 1.40 bits per heavy atom. The molecule has 2 N–H and O–H groups in total. The predicted molar refractivity (Wildman–Crippen MR) is 95.3 cm³/mol. The van der Waals surface area contributed by atoms with Crippen LogP contribution >= 0.6 is 0 Å². The summed E-state index contributed by atoms with van der Waals surface area (Å²) in [4.78, 5) is 22.5. The van der Waals surface area contributed by atoms with Crippen LogP contribution in [0.2, 0.25) is 0 Å². The van der Waals surface area contributed by atoms with Gasteiger partial charge in [0.1, 0.15) is 5.82 Å². The van der Waals surface area contributed by atoms with Crippen LogP contribution < -0.4 is 5.32 Å². The summed E-state index contributed by atoms with van der Waals surface area (Å²) in [5.74, 6) is 1.75. The Morgan fingerprint density at radius 3 is 3.08 bits per heavy atom. The lowest BCUT2D eigenvalue weighted by atomic mass is 10.1. The van der Waals surface area contributed by atoms with Gasteiger partial charge in [-0.3, -0.25) is 9.69 Å². The molecule has 6 nitrogen and oxygen atoms in total. The number of aromatic nitrogens is 2. The lowest BCUT2D eigenvalue weighted by Gasteiger charge is -2.14. The van der Waals surface area contributed by atoms with E-state index in [-0.39, 0.29) is 5.91 Å². The molecular weight excluding hydrogens is 316 g/mol. The third kappa shape index (κ3) is 3.44. The molecule has 0 bridgehead atoms. The predicted octanol–water partition coefficient (Wildman–Crippen LogP) is 2.72. The number of H-pyrrole nitrogens is 1. The average Bonchev–Trinajstić information content (AvgIpc) is 3.32. The molecule has 2 aromatic heterocycles. The fourth-order valence-corrected chi connectivity index (χ4v) is 3.44. The van der Waals surface area contributed by atoms with E-state index >= 15 is 0 Å². The number of amides is 1. The van der Waals surface area contributed by atoms with Crippen LogP contribution in [0.5, 0.6) is 0 Å². The van der Waals surface area contributed by atoms with Crippen molar-refractivity contribution in [2.75, 3.05) is 19.6 Å². The van der Waals surface area contributed by atoms with E-state index in [1.807, 2.05) is 31.2 Å². The lowest BCUT2D eigenvalue weighted by Crippen LogP contribution is -2.31. The zero-order valence-electron chi connectivity index (χ0n) is 14.3. The van der Waals surface area contributed by atoms with Gasteiger partial charge in [-0.15, -0.1) is 0 Å². The quantitative estimate of drug-likeness (QED) is 0.750. The highest BCUT2D eigenvalue weighted by Gasteiger charge is 2.24. The van der Waals surface area contributed by atoms with Crippen molar-refractivity contribution < 1.29 is 9.21 Å². The largest absolute Gasteiger partial charge is 0.459 e. The molecule has 1 amide bonds. The molecule has 0 unspecified atom stereocenters. The highest BCUT2D eigenvalue weighted by molar-refractivity contribution is 5.92. The molecule has 6 heteroatoms. The van der Waals surface area contributed by atoms with Crippen LogP contribution in [-0.4, -0.2) is 40.4 Å². The summed E-state index contributed by atoms with van der Waals surface area (Å²) in [5.41, 5.74) is 2.96. The van der Waals surface area contributed by atoms with E-state index in [0.29, 0.717) is 18.2 Å². The van der Waals surface area contributed by atoms with Gasteiger partial charge in [-0.25, -0.2) is 4.98 Å². The van der Waals surface area contributed by atoms with Gasteiger partial charge in [0.05, 0.1) is 23.8 Å². The van der Waals surface area contributed by atoms with Gasteiger partial charge in [0, 0.05) is 18.7 Å². The highest BCUT2D eigenvalue weighted by Crippen LogP contribution is 2.19. The number of hydrogen-bond acceptors (Lipinski definition) is 4. The minimum Gasteiger partial charge on any atom is -0.459 e. The molecule has 25 heavy (non-hydrogen) atoms. The Kier molecular flexibility index (Phi) is 4.28. The smallest absolute Gasteiger partial charge is 0.287 e. The van der Waals surface area contributed by atoms with Crippen molar-refractivity contribution in [2.24, 2.45) is 5.92 Å². The first kappa shape index (κ1) is 15.9. The summed E-state index contributed by atoms with van der Waals surface area (Å²) in [5, 5.41) is 2.99. The van der Waals surface area contributed by atoms with Crippen LogP contribution in [0.4, 0.5) is 0 Å². The molecule has 1 aromatic carbocycles. The van der Waals surface area contributed by atoms with Crippen LogP contribution in [0.25, 0.3) is 11.0 Å². The van der Waals surface area contributed by atoms with E-state index in [2.05, 4.69) is 20.2 Å². The van der Waals surface area contributed by atoms with Crippen molar-refractivity contribution in [1.29, 1.82) is 0 Å². The maximum atomic E-state index is 12.1. The van der Waals surface area contributed by atoms with Crippen LogP contribution in [0.3, 0.4) is 0 Å². The van der Waals surface area contributed by atoms with Crippen LogP contribution in [0.1, 0.15) is 28.4 Å². The number of carbonyl (C=O) groups is 1. The average molecular weight is 338 g/mol. The summed E-state index contributed by atoms with van der Waals surface area (Å²) in [6.07, 6.45) is 2.63. The standard InChI is InChI=1S/C19H22N4O2/c1-13-7-9-25-18(13)19(24)20-10-14-6-8-23(11-14)12-17-21-15-4-2-3-5-16(15)22-17/h2-5,7,9,14H,6,8,10-12H2,1H3,(H,20,24)(H,21,22)/t14-/m0/s1. The van der Waals surface area contributed by atoms with E-state index in [1.165, 1.54) is 0 Å². The molecule has 1 aliphatic heterocycles. The van der Waals surface area contributed by atoms with Gasteiger partial charge in [-0.05, 0) is 44.0 Å². The number of para-hydroxylation sites is 2. The molecule has 0 aliphatic carbocycles. The lowest BCUT2D eigenvalue weighted by molar-refractivity contribution is 0.0918. The van der Waals surface area contributed by atoms with Gasteiger partial charge >= 0.3 is 0 Å². The summed E-state index contributed by atoms with van der Waals surface area (Å²) in [7, 11) is 0. The van der Waals surface area contributed by atoms with E-state index in [0.717, 1.165) is 48.5 Å². The van der Waals surface area contributed by atoms with E-state index in [9.17, 15) is 4.79 Å². The fraction of sp³-hybridized carbons (Fsp3) is 0.368. The van der Waals surface area contributed by atoms with Crippen molar-refractivity contribution in [1.82, 2.24) is 20.2 Å². The highest BCUT2D eigenvalue weighted by atomic mass is 16.3. The van der Waals surface area contributed by atoms with Crippen molar-refractivity contribution in [3.63, 3.8) is 0 Å². The molecule has 3 aromatic rings. The third-order valence-corrected chi connectivity index (χ3v) is 4.80. The molecule has 1 atom stereocenters. The topological polar surface area (TPSA) is 74.2 Å². The van der Waals surface area contributed by atoms with Gasteiger partial charge in [0.25, 0.3) is 5.91 Å². The molecule has 1 saturated heterocycles. The second kappa shape index (κ2) is 6.72. The molecule has 1 fully saturated rings. The number of benzene rings is 1. The van der Waals surface area contributed by atoms with Gasteiger partial charge < -0.3 is 14.7 Å². The number of fused-ring (bicyclic) bond motifs is 1. The van der Waals surface area contributed by atoms with Crippen LogP contribution in [-0.2, 0) is 6.54 Å². The Labute approximate surface area is 146 Å². The molecule has 130 valence electrons. The van der Waals surface area contributed by atoms with Crippen molar-refractivity contribution in [2.45, 2.75) is 19.9 Å². The second-order valence-corrected chi connectivity index (χ2v) is 6.73. The Bertz CT molecular complexity index is 849. The molecular formula is C19H22N4O2. The van der Waals surface area contributed by atoms with Crippen LogP contribution in [0, 0.1) is 12.8 Å². The SMILES string of the molecule is Cc1ccoc1C(=O)NC[C@@H]1CCN(Cc2nc3ccccc3[nH]2)C1. The monoisotopic (exact) mass is 338 g/mol. The molecule has 4 rings (SSSR count). The number of rotatable bonds is 5. The first-order chi connectivity index (χ1) is 12.2. The Balaban J connectivity index is 1.29. The third-order valence-electron chi connectivity index (χ3n) is 4.80. The number of furan rings is 1. The van der Waals surface area contributed by atoms with Gasteiger partial charge in [-0.1, -0.05) is 12.1 Å². The second-order valence-electron chi connectivity index (χ2n) is 6.73. The maximum absolute atomic E-state index is 12.1. The van der Waals surface area contributed by atoms with Crippen molar-refractivity contribution >= 4 is 16.9 Å². The number of carbonyl (C=O) groups excluding carboxylic acids is 1. The summed E-state index contributed by atoms with van der Waals surface area (Å²) in [6, 6.07) is 9.89. The zero-order valence-corrected chi connectivity index (χ0v) is 14.3. The van der Waals surface area contributed by atoms with E-state index < -0.39 is 0 Å². The van der Waals surface area contributed by atoms with Gasteiger partial charge in [-0.2, -0.15) is 0 Å². The first-order valence-corrected chi connectivity index (χ1v) is 8.67. The number of aryl methyl sites for hydroxylation is 1. The number of nitrogens with zero attached hydrogens (tertiary/aromatic N) is 2. The minimum atomic E-state index is -0.127. The fourth-order valence-electron chi connectivity index (χ4n) is 3.44. The molecule has 1 aliphatic rings. The van der Waals surface area contributed by atoms with Crippen molar-refractivity contribution in [3.8, 4) is 0 Å². The van der Waals surface area contributed by atoms with Gasteiger partial charge in [0.15, 0.2) is 5.76 Å². The van der Waals surface area contributed by atoms with E-state index in [4.69, 9.17) is 4.42 Å². The summed E-state index contributed by atoms with van der Waals surface area (Å²) < 4.78 is 5.24. The minimum absolute atomic E-state index is 0.127. The number of hydrogen-bond donors (Lipinski definition) is 2. The Hall–Kier alpha value is -2.60.